The first-order chi connectivity index (χ1) is 9.08. The van der Waals surface area contributed by atoms with E-state index in [1.165, 1.54) is 7.11 Å². The second kappa shape index (κ2) is 9.58. The maximum Gasteiger partial charge on any atom is 0.239 e. The highest BCUT2D eigenvalue weighted by molar-refractivity contribution is 5.85. The standard InChI is InChI=1S/C14H22N2O3.ClH/c1-10-4-5-11(8-13(10)19-3)6-7-16-14(17)12(15)9-18-2;/h4-5,8,12H,6-7,9,15H2,1-3H3,(H,16,17);1H. The lowest BCUT2D eigenvalue weighted by Crippen LogP contribution is -2.44. The van der Waals surface area contributed by atoms with Crippen molar-refractivity contribution in [3.05, 3.63) is 29.3 Å². The molecule has 1 unspecified atom stereocenters. The second-order valence-corrected chi connectivity index (χ2v) is 4.41. The maximum atomic E-state index is 11.6. The molecule has 1 aromatic rings. The largest absolute Gasteiger partial charge is 0.496 e. The Morgan fingerprint density at radius 3 is 2.70 bits per heavy atom. The molecule has 0 radical (unpaired) electrons. The summed E-state index contributed by atoms with van der Waals surface area (Å²) in [5.74, 6) is 0.667. The van der Waals surface area contributed by atoms with Gasteiger partial charge < -0.3 is 20.5 Å². The van der Waals surface area contributed by atoms with Crippen molar-refractivity contribution in [1.29, 1.82) is 0 Å². The molecule has 6 heteroatoms. The van der Waals surface area contributed by atoms with Gasteiger partial charge in [-0.15, -0.1) is 12.4 Å². The van der Waals surface area contributed by atoms with E-state index in [9.17, 15) is 4.79 Å². The van der Waals surface area contributed by atoms with Crippen LogP contribution in [0.2, 0.25) is 0 Å². The first-order valence-corrected chi connectivity index (χ1v) is 6.24. The van der Waals surface area contributed by atoms with Crippen molar-refractivity contribution in [2.24, 2.45) is 5.73 Å². The number of carbonyl (C=O) groups is 1. The molecular formula is C14H23ClN2O3. The predicted octanol–water partition coefficient (Wildman–Crippen LogP) is 1.06. The van der Waals surface area contributed by atoms with Crippen LogP contribution in [0, 0.1) is 6.92 Å². The number of carbonyl (C=O) groups excluding carboxylic acids is 1. The van der Waals surface area contributed by atoms with E-state index in [-0.39, 0.29) is 24.9 Å². The molecule has 0 aromatic heterocycles. The molecule has 0 saturated heterocycles. The van der Waals surface area contributed by atoms with E-state index in [2.05, 4.69) is 5.32 Å². The van der Waals surface area contributed by atoms with Crippen molar-refractivity contribution in [2.45, 2.75) is 19.4 Å². The van der Waals surface area contributed by atoms with Crippen LogP contribution in [0.3, 0.4) is 0 Å². The van der Waals surface area contributed by atoms with Gasteiger partial charge >= 0.3 is 0 Å². The summed E-state index contributed by atoms with van der Waals surface area (Å²) in [6, 6.07) is 5.40. The van der Waals surface area contributed by atoms with Crippen molar-refractivity contribution in [1.82, 2.24) is 5.32 Å². The number of hydrogen-bond donors (Lipinski definition) is 2. The number of aryl methyl sites for hydroxylation is 1. The fourth-order valence-corrected chi connectivity index (χ4v) is 1.74. The van der Waals surface area contributed by atoms with Gasteiger partial charge in [-0.1, -0.05) is 12.1 Å². The molecule has 0 spiro atoms. The van der Waals surface area contributed by atoms with Gasteiger partial charge in [0.25, 0.3) is 0 Å². The molecule has 1 aromatic carbocycles. The topological polar surface area (TPSA) is 73.6 Å². The van der Waals surface area contributed by atoms with Crippen LogP contribution in [-0.4, -0.2) is 39.3 Å². The number of rotatable bonds is 7. The van der Waals surface area contributed by atoms with Crippen LogP contribution in [0.15, 0.2) is 18.2 Å². The molecule has 20 heavy (non-hydrogen) atoms. The first-order valence-electron chi connectivity index (χ1n) is 6.24. The van der Waals surface area contributed by atoms with Crippen LogP contribution >= 0.6 is 12.4 Å². The summed E-state index contributed by atoms with van der Waals surface area (Å²) in [6.07, 6.45) is 0.738. The van der Waals surface area contributed by atoms with Gasteiger partial charge in [-0.3, -0.25) is 4.79 Å². The van der Waals surface area contributed by atoms with Gasteiger partial charge in [-0.25, -0.2) is 0 Å². The van der Waals surface area contributed by atoms with Crippen molar-refractivity contribution < 1.29 is 14.3 Å². The minimum atomic E-state index is -0.613. The molecule has 0 aliphatic rings. The third kappa shape index (κ3) is 5.77. The van der Waals surface area contributed by atoms with E-state index in [4.69, 9.17) is 15.2 Å². The molecule has 5 nitrogen and oxygen atoms in total. The van der Waals surface area contributed by atoms with E-state index in [0.717, 1.165) is 23.3 Å². The summed E-state index contributed by atoms with van der Waals surface area (Å²) in [4.78, 5) is 11.6. The third-order valence-corrected chi connectivity index (χ3v) is 2.87. The van der Waals surface area contributed by atoms with Gasteiger partial charge in [0.05, 0.1) is 13.7 Å². The van der Waals surface area contributed by atoms with Gasteiger partial charge in [0.1, 0.15) is 11.8 Å². The SMILES string of the molecule is COCC(N)C(=O)NCCc1ccc(C)c(OC)c1.Cl. The number of hydrogen-bond acceptors (Lipinski definition) is 4. The number of nitrogens with one attached hydrogen (secondary N) is 1. The molecule has 3 N–H and O–H groups in total. The zero-order chi connectivity index (χ0) is 14.3. The first kappa shape index (κ1) is 18.7. The van der Waals surface area contributed by atoms with Crippen LogP contribution in [0.25, 0.3) is 0 Å². The minimum absolute atomic E-state index is 0. The second-order valence-electron chi connectivity index (χ2n) is 4.41. The van der Waals surface area contributed by atoms with E-state index in [1.54, 1.807) is 7.11 Å². The number of halogens is 1. The van der Waals surface area contributed by atoms with Crippen LogP contribution in [-0.2, 0) is 16.0 Å². The Bertz CT molecular complexity index is 427. The van der Waals surface area contributed by atoms with Crippen LogP contribution in [0.4, 0.5) is 0 Å². The Kier molecular flexibility index (Phi) is 8.96. The zero-order valence-corrected chi connectivity index (χ0v) is 13.0. The van der Waals surface area contributed by atoms with Crippen LogP contribution in [0.5, 0.6) is 5.75 Å². The van der Waals surface area contributed by atoms with Gasteiger partial charge in [0.2, 0.25) is 5.91 Å². The number of nitrogens with two attached hydrogens (primary N) is 1. The number of amides is 1. The van der Waals surface area contributed by atoms with E-state index < -0.39 is 6.04 Å². The molecule has 114 valence electrons. The lowest BCUT2D eigenvalue weighted by Gasteiger charge is -2.12. The quantitative estimate of drug-likeness (QED) is 0.790. The van der Waals surface area contributed by atoms with Crippen LogP contribution in [0.1, 0.15) is 11.1 Å². The highest BCUT2D eigenvalue weighted by Crippen LogP contribution is 2.18. The molecular weight excluding hydrogens is 280 g/mol. The molecule has 0 aliphatic carbocycles. The Morgan fingerprint density at radius 1 is 1.40 bits per heavy atom. The Hall–Kier alpha value is -1.30. The molecule has 0 bridgehead atoms. The highest BCUT2D eigenvalue weighted by Gasteiger charge is 2.11. The maximum absolute atomic E-state index is 11.6. The van der Waals surface area contributed by atoms with E-state index >= 15 is 0 Å². The average molecular weight is 303 g/mol. The lowest BCUT2D eigenvalue weighted by molar-refractivity contribution is -0.123. The smallest absolute Gasteiger partial charge is 0.239 e. The summed E-state index contributed by atoms with van der Waals surface area (Å²) in [5.41, 5.74) is 7.82. The van der Waals surface area contributed by atoms with Gasteiger partial charge in [0, 0.05) is 13.7 Å². The summed E-state index contributed by atoms with van der Waals surface area (Å²) in [5, 5.41) is 2.78. The molecule has 1 atom stereocenters. The zero-order valence-electron chi connectivity index (χ0n) is 12.1. The summed E-state index contributed by atoms with van der Waals surface area (Å²) in [7, 11) is 3.17. The Morgan fingerprint density at radius 2 is 2.10 bits per heavy atom. The highest BCUT2D eigenvalue weighted by atomic mass is 35.5. The van der Waals surface area contributed by atoms with Crippen molar-refractivity contribution in [3.63, 3.8) is 0 Å². The van der Waals surface area contributed by atoms with E-state index in [0.29, 0.717) is 6.54 Å². The van der Waals surface area contributed by atoms with Gasteiger partial charge in [-0.2, -0.15) is 0 Å². The van der Waals surface area contributed by atoms with Crippen molar-refractivity contribution in [2.75, 3.05) is 27.4 Å². The summed E-state index contributed by atoms with van der Waals surface area (Å²) < 4.78 is 10.1. The third-order valence-electron chi connectivity index (χ3n) is 2.87. The molecule has 0 saturated carbocycles. The van der Waals surface area contributed by atoms with Crippen molar-refractivity contribution in [3.8, 4) is 5.75 Å². The summed E-state index contributed by atoms with van der Waals surface area (Å²) in [6.45, 7) is 2.76. The molecule has 1 rings (SSSR count). The number of benzene rings is 1. The van der Waals surface area contributed by atoms with Gasteiger partial charge in [0.15, 0.2) is 0 Å². The fraction of sp³-hybridized carbons (Fsp3) is 0.500. The molecule has 0 fully saturated rings. The van der Waals surface area contributed by atoms with E-state index in [1.807, 2.05) is 25.1 Å². The molecule has 1 amide bonds. The predicted molar refractivity (Wildman–Crippen MR) is 81.5 cm³/mol. The molecule has 0 heterocycles. The monoisotopic (exact) mass is 302 g/mol. The fourth-order valence-electron chi connectivity index (χ4n) is 1.74. The normalized spacial score (nSPS) is 11.4. The number of methoxy groups -OCH3 is 2. The minimum Gasteiger partial charge on any atom is -0.496 e. The van der Waals surface area contributed by atoms with Gasteiger partial charge in [-0.05, 0) is 30.5 Å². The Labute approximate surface area is 126 Å². The summed E-state index contributed by atoms with van der Waals surface area (Å²) >= 11 is 0. The van der Waals surface area contributed by atoms with Crippen molar-refractivity contribution >= 4 is 18.3 Å². The van der Waals surface area contributed by atoms with Crippen LogP contribution < -0.4 is 15.8 Å². The Balaban J connectivity index is 0.00000361. The molecule has 0 aliphatic heterocycles. The number of ether oxygens (including phenoxy) is 2. The average Bonchev–Trinajstić information content (AvgIpc) is 2.40. The lowest BCUT2D eigenvalue weighted by atomic mass is 10.1.